The van der Waals surface area contributed by atoms with Gasteiger partial charge in [-0.1, -0.05) is 29.8 Å². The van der Waals surface area contributed by atoms with Gasteiger partial charge in [0.05, 0.1) is 14.2 Å². The zero-order valence-corrected chi connectivity index (χ0v) is 13.6. The van der Waals surface area contributed by atoms with Gasteiger partial charge in [0.2, 0.25) is 0 Å². The van der Waals surface area contributed by atoms with Gasteiger partial charge in [-0.25, -0.2) is 0 Å². The number of hydrogen-bond donors (Lipinski definition) is 1. The molecule has 0 saturated carbocycles. The smallest absolute Gasteiger partial charge is 0.266 e. The van der Waals surface area contributed by atoms with Crippen LogP contribution >= 0.6 is 34.3 Å². The van der Waals surface area contributed by atoms with Crippen molar-refractivity contribution < 1.29 is 4.79 Å². The number of H-pyrrole nitrogens is 1. The molecule has 0 fully saturated rings. The van der Waals surface area contributed by atoms with E-state index in [4.69, 9.17) is 11.6 Å². The van der Waals surface area contributed by atoms with Crippen molar-refractivity contribution in [3.8, 4) is 0 Å². The average molecular weight is 348 g/mol. The van der Waals surface area contributed by atoms with E-state index in [1.165, 1.54) is 17.4 Å². The lowest BCUT2D eigenvalue weighted by Gasteiger charge is -1.97. The average Bonchev–Trinajstić information content (AvgIpc) is 3.10. The fraction of sp³-hybridized carbons (Fsp3) is 0. The van der Waals surface area contributed by atoms with E-state index >= 15 is 0 Å². The molecule has 0 amide bonds. The molecule has 2 heterocycles. The van der Waals surface area contributed by atoms with E-state index in [1.54, 1.807) is 35.6 Å². The normalized spacial score (nSPS) is 12.8. The van der Waals surface area contributed by atoms with Crippen LogP contribution in [0.5, 0.6) is 0 Å². The number of hydrogen-bond acceptors (Lipinski definition) is 4. The minimum atomic E-state index is -0.231. The monoisotopic (exact) mass is 347 g/mol. The molecule has 0 spiro atoms. The molecule has 0 aliphatic rings. The summed E-state index contributed by atoms with van der Waals surface area (Å²) in [6, 6.07) is 10.7. The summed E-state index contributed by atoms with van der Waals surface area (Å²) in [6.45, 7) is 0. The van der Waals surface area contributed by atoms with Crippen LogP contribution in [-0.4, -0.2) is 10.8 Å². The van der Waals surface area contributed by atoms with Crippen molar-refractivity contribution in [3.05, 3.63) is 76.8 Å². The Bertz CT molecular complexity index is 984. The van der Waals surface area contributed by atoms with Crippen molar-refractivity contribution in [1.29, 1.82) is 0 Å². The Morgan fingerprint density at radius 3 is 2.73 bits per heavy atom. The van der Waals surface area contributed by atoms with Gasteiger partial charge in [0, 0.05) is 16.5 Å². The second-order valence-corrected chi connectivity index (χ2v) is 6.90. The summed E-state index contributed by atoms with van der Waals surface area (Å²) in [4.78, 5) is 27.8. The standard InChI is InChI=1S/C16H10ClNO2S2/c17-12-6-2-1-5-11(12)13(19)9-15-18-16(20)14(22-15)8-10-4-3-7-21-10/h1-9H,(H,18,20)/b14-8-,15-9-. The van der Waals surface area contributed by atoms with Crippen molar-refractivity contribution in [2.75, 3.05) is 0 Å². The lowest BCUT2D eigenvalue weighted by molar-refractivity contribution is 0.106. The van der Waals surface area contributed by atoms with E-state index in [-0.39, 0.29) is 11.3 Å². The molecule has 110 valence electrons. The second kappa shape index (κ2) is 6.44. The molecule has 2 aromatic heterocycles. The molecule has 1 N–H and O–H groups in total. The van der Waals surface area contributed by atoms with E-state index in [2.05, 4.69) is 4.98 Å². The maximum absolute atomic E-state index is 12.2. The highest BCUT2D eigenvalue weighted by atomic mass is 35.5. The summed E-state index contributed by atoms with van der Waals surface area (Å²) in [6.07, 6.45) is 3.21. The fourth-order valence-corrected chi connectivity index (χ4v) is 3.72. The number of thiophene rings is 1. The van der Waals surface area contributed by atoms with Crippen LogP contribution in [0, 0.1) is 0 Å². The van der Waals surface area contributed by atoms with Crippen molar-refractivity contribution in [3.63, 3.8) is 0 Å². The number of rotatable bonds is 3. The van der Waals surface area contributed by atoms with Gasteiger partial charge in [-0.05, 0) is 29.7 Å². The highest BCUT2D eigenvalue weighted by Crippen LogP contribution is 2.15. The largest absolute Gasteiger partial charge is 0.313 e. The van der Waals surface area contributed by atoms with Gasteiger partial charge in [-0.2, -0.15) is 0 Å². The van der Waals surface area contributed by atoms with Crippen LogP contribution in [0.1, 0.15) is 15.2 Å². The Morgan fingerprint density at radius 1 is 1.18 bits per heavy atom. The topological polar surface area (TPSA) is 49.9 Å². The molecule has 3 nitrogen and oxygen atoms in total. The van der Waals surface area contributed by atoms with Gasteiger partial charge in [-0.15, -0.1) is 22.7 Å². The number of halogens is 1. The Morgan fingerprint density at radius 2 is 2.00 bits per heavy atom. The number of nitrogens with one attached hydrogen (secondary N) is 1. The third-order valence-electron chi connectivity index (χ3n) is 2.90. The van der Waals surface area contributed by atoms with E-state index in [0.717, 1.165) is 4.88 Å². The Labute approximate surface area is 138 Å². The van der Waals surface area contributed by atoms with Crippen molar-refractivity contribution in [2.24, 2.45) is 0 Å². The summed E-state index contributed by atoms with van der Waals surface area (Å²) in [7, 11) is 0. The minimum absolute atomic E-state index is 0.198. The lowest BCUT2D eigenvalue weighted by Crippen LogP contribution is -2.19. The number of carbonyl (C=O) groups is 1. The third kappa shape index (κ3) is 3.27. The summed E-state index contributed by atoms with van der Waals surface area (Å²) in [5.41, 5.74) is 0.221. The molecule has 3 rings (SSSR count). The first kappa shape index (κ1) is 15.0. The maximum Gasteiger partial charge on any atom is 0.266 e. The fourth-order valence-electron chi connectivity index (χ4n) is 1.88. The van der Waals surface area contributed by atoms with Gasteiger partial charge in [0.25, 0.3) is 5.56 Å². The Balaban J connectivity index is 2.02. The molecule has 3 aromatic rings. The molecule has 0 atom stereocenters. The van der Waals surface area contributed by atoms with Crippen molar-refractivity contribution in [2.45, 2.75) is 0 Å². The number of carbonyl (C=O) groups excluding carboxylic acids is 1. The van der Waals surface area contributed by atoms with Gasteiger partial charge < -0.3 is 4.98 Å². The highest BCUT2D eigenvalue weighted by molar-refractivity contribution is 7.11. The molecule has 0 unspecified atom stereocenters. The zero-order chi connectivity index (χ0) is 15.5. The molecule has 0 bridgehead atoms. The van der Waals surface area contributed by atoms with Crippen molar-refractivity contribution >= 4 is 52.2 Å². The summed E-state index contributed by atoms with van der Waals surface area (Å²) < 4.78 is 1.08. The SMILES string of the molecule is O=C(/C=c1/[nH]c(=O)/c(=C/c2cccs2)s1)c1ccccc1Cl. The predicted molar refractivity (Wildman–Crippen MR) is 92.3 cm³/mol. The molecule has 0 saturated heterocycles. The highest BCUT2D eigenvalue weighted by Gasteiger charge is 2.07. The summed E-state index contributed by atoms with van der Waals surface area (Å²) in [5, 5.41) is 2.34. The first-order valence-corrected chi connectivity index (χ1v) is 8.46. The molecule has 6 heteroatoms. The van der Waals surface area contributed by atoms with Crippen LogP contribution in [0.25, 0.3) is 12.2 Å². The molecular formula is C16H10ClNO2S2. The number of thiazole rings is 1. The molecular weight excluding hydrogens is 338 g/mol. The number of Topliss-reactive ketones (excluding diaryl/α,β-unsaturated/α-hetero) is 1. The van der Waals surface area contributed by atoms with Crippen LogP contribution in [-0.2, 0) is 0 Å². The molecule has 0 aliphatic heterocycles. The third-order valence-corrected chi connectivity index (χ3v) is 5.01. The Kier molecular flexibility index (Phi) is 4.38. The predicted octanol–water partition coefficient (Wildman–Crippen LogP) is 2.64. The van der Waals surface area contributed by atoms with E-state index in [9.17, 15) is 9.59 Å². The van der Waals surface area contributed by atoms with E-state index in [1.807, 2.05) is 23.6 Å². The number of aromatic nitrogens is 1. The van der Waals surface area contributed by atoms with Gasteiger partial charge >= 0.3 is 0 Å². The number of ketones is 1. The van der Waals surface area contributed by atoms with E-state index < -0.39 is 0 Å². The van der Waals surface area contributed by atoms with Crippen LogP contribution in [0.4, 0.5) is 0 Å². The van der Waals surface area contributed by atoms with Crippen molar-refractivity contribution in [1.82, 2.24) is 4.98 Å². The molecule has 1 aromatic carbocycles. The van der Waals surface area contributed by atoms with Crippen LogP contribution in [0.3, 0.4) is 0 Å². The molecule has 22 heavy (non-hydrogen) atoms. The molecule has 0 radical (unpaired) electrons. The van der Waals surface area contributed by atoms with Gasteiger partial charge in [-0.3, -0.25) is 9.59 Å². The second-order valence-electron chi connectivity index (χ2n) is 4.43. The lowest BCUT2D eigenvalue weighted by atomic mass is 10.1. The Hall–Kier alpha value is -1.95. The first-order chi connectivity index (χ1) is 10.6. The quantitative estimate of drug-likeness (QED) is 0.740. The van der Waals surface area contributed by atoms with Crippen LogP contribution in [0.2, 0.25) is 5.02 Å². The van der Waals surface area contributed by atoms with Gasteiger partial charge in [0.1, 0.15) is 0 Å². The molecule has 0 aliphatic carbocycles. The van der Waals surface area contributed by atoms with Crippen LogP contribution < -0.4 is 14.8 Å². The summed E-state index contributed by atoms with van der Waals surface area (Å²) in [5.74, 6) is -0.231. The zero-order valence-electron chi connectivity index (χ0n) is 11.2. The summed E-state index contributed by atoms with van der Waals surface area (Å²) >= 11 is 8.80. The number of aromatic amines is 1. The number of benzene rings is 1. The van der Waals surface area contributed by atoms with E-state index in [0.29, 0.717) is 19.8 Å². The van der Waals surface area contributed by atoms with Crippen LogP contribution in [0.15, 0.2) is 46.6 Å². The first-order valence-electron chi connectivity index (χ1n) is 6.38. The van der Waals surface area contributed by atoms with Gasteiger partial charge in [0.15, 0.2) is 5.78 Å². The maximum atomic E-state index is 12.2. The minimum Gasteiger partial charge on any atom is -0.313 e.